The Morgan fingerprint density at radius 1 is 1.17 bits per heavy atom. The van der Waals surface area contributed by atoms with Crippen LogP contribution in [0.15, 0.2) is 35.1 Å². The summed E-state index contributed by atoms with van der Waals surface area (Å²) in [6.07, 6.45) is 8.21. The van der Waals surface area contributed by atoms with Crippen molar-refractivity contribution in [1.29, 1.82) is 0 Å². The first-order valence-corrected chi connectivity index (χ1v) is 11.1. The highest BCUT2D eigenvalue weighted by molar-refractivity contribution is 6.32. The van der Waals surface area contributed by atoms with Gasteiger partial charge in [0, 0.05) is 17.2 Å². The van der Waals surface area contributed by atoms with E-state index >= 15 is 0 Å². The summed E-state index contributed by atoms with van der Waals surface area (Å²) in [6, 6.07) is 9.73. The van der Waals surface area contributed by atoms with Crippen LogP contribution in [0.2, 0.25) is 5.02 Å². The van der Waals surface area contributed by atoms with Gasteiger partial charge < -0.3 is 14.5 Å². The number of carbonyl (C=O) groups is 1. The van der Waals surface area contributed by atoms with Gasteiger partial charge >= 0.3 is 5.97 Å². The van der Waals surface area contributed by atoms with Gasteiger partial charge in [0.15, 0.2) is 6.61 Å². The van der Waals surface area contributed by atoms with Crippen molar-refractivity contribution in [1.82, 2.24) is 4.98 Å². The van der Waals surface area contributed by atoms with E-state index in [1.807, 2.05) is 18.2 Å². The van der Waals surface area contributed by atoms with Crippen LogP contribution < -0.4 is 10.3 Å². The topological polar surface area (TPSA) is 68.4 Å². The highest BCUT2D eigenvalue weighted by atomic mass is 35.5. The molecule has 0 saturated heterocycles. The van der Waals surface area contributed by atoms with Crippen molar-refractivity contribution in [2.75, 3.05) is 13.7 Å². The summed E-state index contributed by atoms with van der Waals surface area (Å²) in [5.74, 6) is 1.14. The van der Waals surface area contributed by atoms with Gasteiger partial charge in [-0.25, -0.2) is 4.79 Å². The molecule has 1 aromatic carbocycles. The molecule has 2 saturated carbocycles. The van der Waals surface area contributed by atoms with Crippen LogP contribution >= 0.6 is 11.6 Å². The highest BCUT2D eigenvalue weighted by Gasteiger charge is 2.28. The van der Waals surface area contributed by atoms with Crippen LogP contribution in [0, 0.1) is 5.92 Å². The molecule has 1 unspecified atom stereocenters. The maximum Gasteiger partial charge on any atom is 0.343 e. The molecule has 0 spiro atoms. The van der Waals surface area contributed by atoms with Gasteiger partial charge in [0.25, 0.3) is 5.56 Å². The summed E-state index contributed by atoms with van der Waals surface area (Å²) in [5, 5.41) is 0.449. The first-order valence-electron chi connectivity index (χ1n) is 10.8. The second kappa shape index (κ2) is 9.25. The normalized spacial score (nSPS) is 17.7. The van der Waals surface area contributed by atoms with Gasteiger partial charge in [0.1, 0.15) is 5.75 Å². The molecule has 4 rings (SSSR count). The fourth-order valence-corrected chi connectivity index (χ4v) is 4.73. The smallest absolute Gasteiger partial charge is 0.343 e. The lowest BCUT2D eigenvalue weighted by atomic mass is 9.85. The predicted molar refractivity (Wildman–Crippen MR) is 116 cm³/mol. The molecule has 30 heavy (non-hydrogen) atoms. The molecule has 1 heterocycles. The van der Waals surface area contributed by atoms with Crippen LogP contribution in [0.4, 0.5) is 0 Å². The maximum absolute atomic E-state index is 12.6. The number of pyridine rings is 1. The summed E-state index contributed by atoms with van der Waals surface area (Å²) < 4.78 is 10.1. The molecule has 2 fully saturated rings. The molecule has 2 aliphatic carbocycles. The number of methoxy groups -OCH3 is 1. The number of carbonyl (C=O) groups excluding carboxylic acids is 1. The van der Waals surface area contributed by atoms with Crippen LogP contribution in [0.5, 0.6) is 5.75 Å². The SMILES string of the molecule is COC(=O)COc1ccc(C(CC2CCCC2)c2ccc(C3CC3)c(=O)[nH]2)cc1Cl. The summed E-state index contributed by atoms with van der Waals surface area (Å²) in [4.78, 5) is 27.1. The van der Waals surface area contributed by atoms with Gasteiger partial charge in [0.05, 0.1) is 12.1 Å². The van der Waals surface area contributed by atoms with Gasteiger partial charge in [-0.2, -0.15) is 0 Å². The van der Waals surface area contributed by atoms with Gasteiger partial charge in [-0.1, -0.05) is 49.4 Å². The molecule has 1 aromatic heterocycles. The second-order valence-corrected chi connectivity index (χ2v) is 8.87. The van der Waals surface area contributed by atoms with Crippen LogP contribution in [0.1, 0.15) is 73.6 Å². The van der Waals surface area contributed by atoms with Crippen molar-refractivity contribution in [2.45, 2.75) is 56.8 Å². The molecular weight excluding hydrogens is 402 g/mol. The van der Waals surface area contributed by atoms with Crippen molar-refractivity contribution < 1.29 is 14.3 Å². The van der Waals surface area contributed by atoms with E-state index in [2.05, 4.69) is 15.8 Å². The van der Waals surface area contributed by atoms with E-state index in [4.69, 9.17) is 16.3 Å². The number of nitrogens with one attached hydrogen (secondary N) is 1. The zero-order valence-corrected chi connectivity index (χ0v) is 18.0. The average Bonchev–Trinajstić information content (AvgIpc) is 3.45. The van der Waals surface area contributed by atoms with Crippen molar-refractivity contribution in [3.05, 3.63) is 62.5 Å². The zero-order chi connectivity index (χ0) is 21.1. The molecule has 0 bridgehead atoms. The largest absolute Gasteiger partial charge is 0.480 e. The molecule has 0 aliphatic heterocycles. The number of hydrogen-bond acceptors (Lipinski definition) is 4. The highest BCUT2D eigenvalue weighted by Crippen LogP contribution is 2.41. The Labute approximate surface area is 181 Å². The maximum atomic E-state index is 12.6. The van der Waals surface area contributed by atoms with Gasteiger partial charge in [-0.05, 0) is 54.9 Å². The van der Waals surface area contributed by atoms with E-state index in [9.17, 15) is 9.59 Å². The predicted octanol–water partition coefficient (Wildman–Crippen LogP) is 5.17. The Bertz CT molecular complexity index is 960. The van der Waals surface area contributed by atoms with Crippen molar-refractivity contribution in [2.24, 2.45) is 5.92 Å². The van der Waals surface area contributed by atoms with Crippen LogP contribution in [-0.4, -0.2) is 24.7 Å². The summed E-state index contributed by atoms with van der Waals surface area (Å²) in [6.45, 7) is -0.184. The van der Waals surface area contributed by atoms with Gasteiger partial charge in [-0.3, -0.25) is 4.79 Å². The number of H-pyrrole nitrogens is 1. The average molecular weight is 430 g/mol. The van der Waals surface area contributed by atoms with Crippen LogP contribution in [0.3, 0.4) is 0 Å². The number of aromatic amines is 1. The fourth-order valence-electron chi connectivity index (χ4n) is 4.49. The number of benzene rings is 1. The summed E-state index contributed by atoms with van der Waals surface area (Å²) in [7, 11) is 1.32. The minimum Gasteiger partial charge on any atom is -0.480 e. The van der Waals surface area contributed by atoms with Crippen molar-refractivity contribution >= 4 is 17.6 Å². The minimum absolute atomic E-state index is 0.0375. The first-order chi connectivity index (χ1) is 14.5. The Kier molecular flexibility index (Phi) is 6.47. The minimum atomic E-state index is -0.456. The van der Waals surface area contributed by atoms with Gasteiger partial charge in [-0.15, -0.1) is 0 Å². The van der Waals surface area contributed by atoms with E-state index in [-0.39, 0.29) is 18.1 Å². The molecule has 1 N–H and O–H groups in total. The molecule has 2 aliphatic rings. The van der Waals surface area contributed by atoms with E-state index in [1.165, 1.54) is 32.8 Å². The van der Waals surface area contributed by atoms with Crippen molar-refractivity contribution in [3.8, 4) is 5.75 Å². The molecular formula is C24H28ClNO4. The number of ether oxygens (including phenoxy) is 2. The van der Waals surface area contributed by atoms with Crippen LogP contribution in [0.25, 0.3) is 0 Å². The van der Waals surface area contributed by atoms with Crippen LogP contribution in [-0.2, 0) is 9.53 Å². The molecule has 5 nitrogen and oxygen atoms in total. The molecule has 0 amide bonds. The number of aromatic nitrogens is 1. The number of halogens is 1. The fraction of sp³-hybridized carbons (Fsp3) is 0.500. The lowest BCUT2D eigenvalue weighted by molar-refractivity contribution is -0.142. The number of hydrogen-bond donors (Lipinski definition) is 1. The van der Waals surface area contributed by atoms with E-state index in [0.717, 1.165) is 36.1 Å². The molecule has 160 valence electrons. The molecule has 6 heteroatoms. The third kappa shape index (κ3) is 4.89. The Morgan fingerprint density at radius 2 is 1.93 bits per heavy atom. The van der Waals surface area contributed by atoms with Gasteiger partial charge in [0.2, 0.25) is 0 Å². The molecule has 0 radical (unpaired) electrons. The summed E-state index contributed by atoms with van der Waals surface area (Å²) in [5.41, 5.74) is 2.93. The van der Waals surface area contributed by atoms with Crippen molar-refractivity contribution in [3.63, 3.8) is 0 Å². The third-order valence-electron chi connectivity index (χ3n) is 6.33. The van der Waals surface area contributed by atoms with E-state index < -0.39 is 5.97 Å². The van der Waals surface area contributed by atoms with E-state index in [0.29, 0.717) is 22.6 Å². The molecule has 1 atom stereocenters. The Morgan fingerprint density at radius 3 is 2.57 bits per heavy atom. The Hall–Kier alpha value is -2.27. The number of rotatable bonds is 8. The third-order valence-corrected chi connectivity index (χ3v) is 6.63. The standard InChI is InChI=1S/C24H28ClNO4/c1-29-23(27)14-30-22-11-8-17(13-20(22)25)19(12-15-4-2-3-5-15)21-10-9-18(16-6-7-16)24(28)26-21/h8-11,13,15-16,19H,2-7,12,14H2,1H3,(H,26,28). The van der Waals surface area contributed by atoms with E-state index in [1.54, 1.807) is 6.07 Å². The molecule has 2 aromatic rings. The second-order valence-electron chi connectivity index (χ2n) is 8.47. The first kappa shape index (κ1) is 21.0. The lowest BCUT2D eigenvalue weighted by Crippen LogP contribution is -2.17. The quantitative estimate of drug-likeness (QED) is 0.588. The monoisotopic (exact) mass is 429 g/mol. The Balaban J connectivity index is 1.60. The lowest BCUT2D eigenvalue weighted by Gasteiger charge is -2.22. The number of esters is 1. The summed E-state index contributed by atoms with van der Waals surface area (Å²) >= 11 is 6.46. The zero-order valence-electron chi connectivity index (χ0n) is 17.3.